The number of amides is 1. The number of rotatable bonds is 11. The first-order chi connectivity index (χ1) is 13.2. The third-order valence-electron chi connectivity index (χ3n) is 4.34. The quantitative estimate of drug-likeness (QED) is 0.201. The Morgan fingerprint density at radius 2 is 2.04 bits per heavy atom. The second-order valence-electron chi connectivity index (χ2n) is 6.37. The van der Waals surface area contributed by atoms with E-state index in [-0.39, 0.29) is 36.4 Å². The second kappa shape index (κ2) is 15.0. The van der Waals surface area contributed by atoms with Gasteiger partial charge in [-0.25, -0.2) is 0 Å². The number of carbonyl (C=O) groups is 1. The standard InChI is InChI=1S/C19H32N4O3S.HI/c1-3-4-9-25-11-12-26-10-7-21-19(20-2)22-14-18(24)23-8-5-17-16(15-23)6-13-27-17;/h6,13H,3-5,7-12,14-15H2,1-2H3,(H2,20,21,22);1H. The average molecular weight is 524 g/mol. The third-order valence-corrected chi connectivity index (χ3v) is 5.37. The van der Waals surface area contributed by atoms with Crippen LogP contribution < -0.4 is 10.6 Å². The summed E-state index contributed by atoms with van der Waals surface area (Å²) in [6.07, 6.45) is 3.19. The Hall–Kier alpha value is -0.910. The summed E-state index contributed by atoms with van der Waals surface area (Å²) < 4.78 is 10.9. The molecule has 2 heterocycles. The van der Waals surface area contributed by atoms with Crippen molar-refractivity contribution in [3.63, 3.8) is 0 Å². The van der Waals surface area contributed by atoms with E-state index in [1.54, 1.807) is 18.4 Å². The molecule has 0 spiro atoms. The van der Waals surface area contributed by atoms with Gasteiger partial charge < -0.3 is 25.0 Å². The molecule has 2 N–H and O–H groups in total. The molecule has 28 heavy (non-hydrogen) atoms. The molecule has 0 saturated carbocycles. The highest BCUT2D eigenvalue weighted by atomic mass is 127. The van der Waals surface area contributed by atoms with E-state index < -0.39 is 0 Å². The summed E-state index contributed by atoms with van der Waals surface area (Å²) in [5.41, 5.74) is 1.28. The minimum Gasteiger partial charge on any atom is -0.379 e. The monoisotopic (exact) mass is 524 g/mol. The van der Waals surface area contributed by atoms with Gasteiger partial charge in [-0.05, 0) is 29.9 Å². The maximum absolute atomic E-state index is 12.4. The fourth-order valence-corrected chi connectivity index (χ4v) is 3.65. The fraction of sp³-hybridized carbons (Fsp3) is 0.684. The van der Waals surface area contributed by atoms with Crippen LogP contribution in [0.5, 0.6) is 0 Å². The Kier molecular flexibility index (Phi) is 13.5. The predicted octanol–water partition coefficient (Wildman–Crippen LogP) is 2.25. The molecule has 1 amide bonds. The zero-order valence-electron chi connectivity index (χ0n) is 16.9. The summed E-state index contributed by atoms with van der Waals surface area (Å²) in [4.78, 5) is 19.9. The van der Waals surface area contributed by atoms with Crippen LogP contribution in [0, 0.1) is 0 Å². The van der Waals surface area contributed by atoms with Crippen molar-refractivity contribution in [1.29, 1.82) is 0 Å². The van der Waals surface area contributed by atoms with Gasteiger partial charge >= 0.3 is 0 Å². The van der Waals surface area contributed by atoms with Gasteiger partial charge in [0.05, 0.1) is 26.4 Å². The van der Waals surface area contributed by atoms with Crippen LogP contribution >= 0.6 is 35.3 Å². The molecule has 7 nitrogen and oxygen atoms in total. The van der Waals surface area contributed by atoms with Gasteiger partial charge in [0.25, 0.3) is 0 Å². The van der Waals surface area contributed by atoms with Crippen molar-refractivity contribution in [3.05, 3.63) is 21.9 Å². The molecule has 0 fully saturated rings. The van der Waals surface area contributed by atoms with E-state index in [4.69, 9.17) is 9.47 Å². The van der Waals surface area contributed by atoms with Crippen molar-refractivity contribution in [2.75, 3.05) is 53.1 Å². The molecule has 1 aliphatic heterocycles. The third kappa shape index (κ3) is 9.06. The lowest BCUT2D eigenvalue weighted by molar-refractivity contribution is -0.130. The van der Waals surface area contributed by atoms with E-state index >= 15 is 0 Å². The lowest BCUT2D eigenvalue weighted by Gasteiger charge is -2.27. The lowest BCUT2D eigenvalue weighted by Crippen LogP contribution is -2.46. The highest BCUT2D eigenvalue weighted by molar-refractivity contribution is 14.0. The van der Waals surface area contributed by atoms with Crippen molar-refractivity contribution < 1.29 is 14.3 Å². The number of unbranched alkanes of at least 4 members (excludes halogenated alkanes) is 1. The number of guanidine groups is 1. The second-order valence-corrected chi connectivity index (χ2v) is 7.37. The van der Waals surface area contributed by atoms with Crippen molar-refractivity contribution in [3.8, 4) is 0 Å². The number of thiophene rings is 1. The van der Waals surface area contributed by atoms with Gasteiger partial charge in [0.1, 0.15) is 0 Å². The molecule has 0 aromatic carbocycles. The molecule has 1 aliphatic rings. The van der Waals surface area contributed by atoms with Gasteiger partial charge in [-0.2, -0.15) is 0 Å². The minimum atomic E-state index is 0. The van der Waals surface area contributed by atoms with Crippen LogP contribution in [0.15, 0.2) is 16.4 Å². The molecule has 1 aromatic rings. The maximum atomic E-state index is 12.4. The van der Waals surface area contributed by atoms with Gasteiger partial charge in [-0.3, -0.25) is 9.79 Å². The Morgan fingerprint density at radius 3 is 2.79 bits per heavy atom. The number of nitrogens with zero attached hydrogens (tertiary/aromatic N) is 2. The van der Waals surface area contributed by atoms with Crippen LogP contribution in [-0.4, -0.2) is 69.9 Å². The van der Waals surface area contributed by atoms with Crippen LogP contribution in [-0.2, 0) is 27.2 Å². The lowest BCUT2D eigenvalue weighted by atomic mass is 10.1. The molecule has 0 atom stereocenters. The van der Waals surface area contributed by atoms with Crippen molar-refractivity contribution in [2.45, 2.75) is 32.7 Å². The molecule has 0 unspecified atom stereocenters. The molecule has 0 saturated heterocycles. The topological polar surface area (TPSA) is 75.2 Å². The number of carbonyl (C=O) groups excluding carboxylic acids is 1. The Bertz CT molecular complexity index is 597. The Labute approximate surface area is 189 Å². The molecule has 1 aromatic heterocycles. The number of fused-ring (bicyclic) bond motifs is 1. The molecule has 0 bridgehead atoms. The van der Waals surface area contributed by atoms with Gasteiger partial charge in [0.2, 0.25) is 5.91 Å². The van der Waals surface area contributed by atoms with Crippen LogP contribution in [0.1, 0.15) is 30.2 Å². The minimum absolute atomic E-state index is 0. The SMILES string of the molecule is CCCCOCCOCCNC(=NC)NCC(=O)N1CCc2sccc2C1.I. The summed E-state index contributed by atoms with van der Waals surface area (Å²) in [5, 5.41) is 8.33. The molecular formula is C19H33IN4O3S. The van der Waals surface area contributed by atoms with Crippen LogP contribution in [0.2, 0.25) is 0 Å². The van der Waals surface area contributed by atoms with Crippen molar-refractivity contribution >= 4 is 47.2 Å². The van der Waals surface area contributed by atoms with Gasteiger partial charge in [-0.1, -0.05) is 13.3 Å². The smallest absolute Gasteiger partial charge is 0.242 e. The molecule has 9 heteroatoms. The van der Waals surface area contributed by atoms with Crippen LogP contribution in [0.3, 0.4) is 0 Å². The molecular weight excluding hydrogens is 491 g/mol. The van der Waals surface area contributed by atoms with E-state index in [0.717, 1.165) is 32.4 Å². The van der Waals surface area contributed by atoms with Crippen molar-refractivity contribution in [2.24, 2.45) is 4.99 Å². The van der Waals surface area contributed by atoms with Gasteiger partial charge in [-0.15, -0.1) is 35.3 Å². The first-order valence-corrected chi connectivity index (χ1v) is 10.6. The summed E-state index contributed by atoms with van der Waals surface area (Å²) in [6, 6.07) is 2.11. The summed E-state index contributed by atoms with van der Waals surface area (Å²) in [7, 11) is 1.70. The number of ether oxygens (including phenoxy) is 2. The molecule has 0 radical (unpaired) electrons. The first kappa shape index (κ1) is 25.1. The van der Waals surface area contributed by atoms with Gasteiger partial charge in [0.15, 0.2) is 5.96 Å². The summed E-state index contributed by atoms with van der Waals surface area (Å²) in [6.45, 7) is 7.10. The van der Waals surface area contributed by atoms with E-state index in [1.165, 1.54) is 10.4 Å². The van der Waals surface area contributed by atoms with E-state index in [9.17, 15) is 4.79 Å². The van der Waals surface area contributed by atoms with Crippen molar-refractivity contribution in [1.82, 2.24) is 15.5 Å². The molecule has 160 valence electrons. The number of aliphatic imine (C=N–C) groups is 1. The largest absolute Gasteiger partial charge is 0.379 e. The molecule has 0 aliphatic carbocycles. The predicted molar refractivity (Wildman–Crippen MR) is 125 cm³/mol. The average Bonchev–Trinajstić information content (AvgIpc) is 3.16. The zero-order valence-corrected chi connectivity index (χ0v) is 20.0. The number of nitrogens with one attached hydrogen (secondary N) is 2. The summed E-state index contributed by atoms with van der Waals surface area (Å²) in [5.74, 6) is 0.703. The molecule has 2 rings (SSSR count). The highest BCUT2D eigenvalue weighted by Gasteiger charge is 2.21. The van der Waals surface area contributed by atoms with Crippen LogP contribution in [0.25, 0.3) is 0 Å². The van der Waals surface area contributed by atoms with Gasteiger partial charge in [0, 0.05) is 38.2 Å². The Balaban J connectivity index is 0.00000392. The number of hydrogen-bond donors (Lipinski definition) is 2. The normalized spacial score (nSPS) is 13.6. The number of halogens is 1. The highest BCUT2D eigenvalue weighted by Crippen LogP contribution is 2.23. The van der Waals surface area contributed by atoms with E-state index in [2.05, 4.69) is 34.0 Å². The number of hydrogen-bond acceptors (Lipinski definition) is 5. The Morgan fingerprint density at radius 1 is 1.25 bits per heavy atom. The summed E-state index contributed by atoms with van der Waals surface area (Å²) >= 11 is 1.78. The van der Waals surface area contributed by atoms with E-state index in [1.807, 2.05) is 4.90 Å². The maximum Gasteiger partial charge on any atom is 0.242 e. The van der Waals surface area contributed by atoms with Crippen LogP contribution in [0.4, 0.5) is 0 Å². The fourth-order valence-electron chi connectivity index (χ4n) is 2.76. The zero-order chi connectivity index (χ0) is 19.3. The first-order valence-electron chi connectivity index (χ1n) is 9.67. The van der Waals surface area contributed by atoms with E-state index in [0.29, 0.717) is 38.9 Å².